The van der Waals surface area contributed by atoms with Crippen LogP contribution in [0.15, 0.2) is 12.3 Å². The predicted octanol–water partition coefficient (Wildman–Crippen LogP) is 3.42. The van der Waals surface area contributed by atoms with Crippen molar-refractivity contribution in [2.24, 2.45) is 5.92 Å². The summed E-state index contributed by atoms with van der Waals surface area (Å²) in [7, 11) is 0. The Hall–Kier alpha value is -0.460. The third kappa shape index (κ3) is 3.41. The Morgan fingerprint density at radius 1 is 1.31 bits per heavy atom. The molecule has 0 saturated carbocycles. The van der Waals surface area contributed by atoms with E-state index in [4.69, 9.17) is 0 Å². The summed E-state index contributed by atoms with van der Waals surface area (Å²) < 4.78 is 0. The molecule has 0 bridgehead atoms. The molecule has 1 nitrogen and oxygen atoms in total. The van der Waals surface area contributed by atoms with E-state index >= 15 is 0 Å². The van der Waals surface area contributed by atoms with Crippen molar-refractivity contribution in [1.29, 1.82) is 0 Å². The van der Waals surface area contributed by atoms with E-state index in [9.17, 15) is 0 Å². The highest BCUT2D eigenvalue weighted by atomic mass is 15.1. The van der Waals surface area contributed by atoms with Crippen LogP contribution in [0.2, 0.25) is 0 Å². The summed E-state index contributed by atoms with van der Waals surface area (Å²) in [4.78, 5) is 2.45. The molecule has 0 aromatic carbocycles. The van der Waals surface area contributed by atoms with Crippen molar-refractivity contribution >= 4 is 0 Å². The van der Waals surface area contributed by atoms with Crippen LogP contribution in [0.3, 0.4) is 0 Å². The Morgan fingerprint density at radius 3 is 2.69 bits per heavy atom. The first-order chi connectivity index (χ1) is 6.24. The molecule has 1 saturated heterocycles. The van der Waals surface area contributed by atoms with E-state index in [1.54, 1.807) is 0 Å². The molecule has 1 heterocycles. The molecule has 1 unspecified atom stereocenters. The minimum atomic E-state index is 0.960. The molecule has 1 fully saturated rings. The lowest BCUT2D eigenvalue weighted by atomic mass is 9.94. The SMILES string of the molecule is C=C(C)N1CCCCC(CC)CC1. The number of nitrogens with zero attached hydrogens (tertiary/aromatic N) is 1. The average Bonchev–Trinajstić information content (AvgIpc) is 2.03. The number of hydrogen-bond acceptors (Lipinski definition) is 1. The van der Waals surface area contributed by atoms with Crippen molar-refractivity contribution in [3.05, 3.63) is 12.3 Å². The van der Waals surface area contributed by atoms with Gasteiger partial charge in [-0.2, -0.15) is 0 Å². The van der Waals surface area contributed by atoms with Crippen molar-refractivity contribution in [2.75, 3.05) is 13.1 Å². The summed E-state index contributed by atoms with van der Waals surface area (Å²) in [5.74, 6) is 0.960. The van der Waals surface area contributed by atoms with Crippen LogP contribution >= 0.6 is 0 Å². The van der Waals surface area contributed by atoms with Crippen molar-refractivity contribution in [3.8, 4) is 0 Å². The van der Waals surface area contributed by atoms with Crippen LogP contribution < -0.4 is 0 Å². The fourth-order valence-electron chi connectivity index (χ4n) is 2.12. The number of hydrogen-bond donors (Lipinski definition) is 0. The molecule has 0 spiro atoms. The fraction of sp³-hybridized carbons (Fsp3) is 0.833. The van der Waals surface area contributed by atoms with Crippen molar-refractivity contribution in [1.82, 2.24) is 4.90 Å². The third-order valence-electron chi connectivity index (χ3n) is 3.21. The Kier molecular flexibility index (Phi) is 4.34. The maximum Gasteiger partial charge on any atom is 0.0177 e. The minimum Gasteiger partial charge on any atom is -0.376 e. The van der Waals surface area contributed by atoms with E-state index in [0.29, 0.717) is 0 Å². The second-order valence-electron chi connectivity index (χ2n) is 4.28. The normalized spacial score (nSPS) is 25.1. The Labute approximate surface area is 82.8 Å². The fourth-order valence-corrected chi connectivity index (χ4v) is 2.12. The van der Waals surface area contributed by atoms with Gasteiger partial charge in [0.15, 0.2) is 0 Å². The molecule has 1 heteroatoms. The summed E-state index contributed by atoms with van der Waals surface area (Å²) >= 11 is 0. The zero-order chi connectivity index (χ0) is 9.68. The predicted molar refractivity (Wildman–Crippen MR) is 58.6 cm³/mol. The molecule has 0 aliphatic carbocycles. The van der Waals surface area contributed by atoms with Crippen LogP contribution in [-0.4, -0.2) is 18.0 Å². The zero-order valence-corrected chi connectivity index (χ0v) is 9.18. The number of allylic oxidation sites excluding steroid dienone is 1. The lowest BCUT2D eigenvalue weighted by molar-refractivity contribution is 0.262. The quantitative estimate of drug-likeness (QED) is 0.631. The molecule has 1 rings (SSSR count). The van der Waals surface area contributed by atoms with E-state index in [1.165, 1.54) is 50.9 Å². The van der Waals surface area contributed by atoms with Crippen LogP contribution in [0.25, 0.3) is 0 Å². The van der Waals surface area contributed by atoms with Crippen LogP contribution in [0.4, 0.5) is 0 Å². The Morgan fingerprint density at radius 2 is 2.08 bits per heavy atom. The van der Waals surface area contributed by atoms with Crippen LogP contribution in [-0.2, 0) is 0 Å². The maximum atomic E-state index is 4.03. The smallest absolute Gasteiger partial charge is 0.0177 e. The van der Waals surface area contributed by atoms with Gasteiger partial charge >= 0.3 is 0 Å². The van der Waals surface area contributed by atoms with Crippen LogP contribution in [0.5, 0.6) is 0 Å². The first-order valence-corrected chi connectivity index (χ1v) is 5.64. The monoisotopic (exact) mass is 181 g/mol. The standard InChI is InChI=1S/C12H23N/c1-4-12-7-5-6-9-13(10-8-12)11(2)3/h12H,2,4-10H2,1,3H3. The summed E-state index contributed by atoms with van der Waals surface area (Å²) in [5, 5.41) is 0. The molecule has 1 aliphatic heterocycles. The van der Waals surface area contributed by atoms with Crippen molar-refractivity contribution in [2.45, 2.75) is 46.0 Å². The van der Waals surface area contributed by atoms with Crippen LogP contribution in [0, 0.1) is 5.92 Å². The van der Waals surface area contributed by atoms with Gasteiger partial charge in [0.2, 0.25) is 0 Å². The Bertz CT molecular complexity index is 163. The number of rotatable bonds is 2. The van der Waals surface area contributed by atoms with Gasteiger partial charge in [0.25, 0.3) is 0 Å². The van der Waals surface area contributed by atoms with Crippen molar-refractivity contribution < 1.29 is 0 Å². The van der Waals surface area contributed by atoms with Gasteiger partial charge in [0, 0.05) is 18.8 Å². The van der Waals surface area contributed by atoms with E-state index < -0.39 is 0 Å². The van der Waals surface area contributed by atoms with Gasteiger partial charge in [0.05, 0.1) is 0 Å². The molecular formula is C12H23N. The third-order valence-corrected chi connectivity index (χ3v) is 3.21. The summed E-state index contributed by atoms with van der Waals surface area (Å²) in [6.07, 6.45) is 6.92. The topological polar surface area (TPSA) is 3.24 Å². The second kappa shape index (κ2) is 5.31. The molecule has 0 radical (unpaired) electrons. The highest BCUT2D eigenvalue weighted by Crippen LogP contribution is 2.21. The molecule has 1 atom stereocenters. The van der Waals surface area contributed by atoms with Gasteiger partial charge in [-0.1, -0.05) is 32.8 Å². The lowest BCUT2D eigenvalue weighted by Crippen LogP contribution is -2.27. The molecule has 0 aromatic rings. The summed E-state index contributed by atoms with van der Waals surface area (Å²) in [6, 6.07) is 0. The maximum absolute atomic E-state index is 4.03. The second-order valence-corrected chi connectivity index (χ2v) is 4.28. The van der Waals surface area contributed by atoms with Crippen LogP contribution in [0.1, 0.15) is 46.0 Å². The van der Waals surface area contributed by atoms with Crippen molar-refractivity contribution in [3.63, 3.8) is 0 Å². The summed E-state index contributed by atoms with van der Waals surface area (Å²) in [6.45, 7) is 10.9. The largest absolute Gasteiger partial charge is 0.376 e. The lowest BCUT2D eigenvalue weighted by Gasteiger charge is -2.29. The van der Waals surface area contributed by atoms with Gasteiger partial charge in [-0.3, -0.25) is 0 Å². The molecule has 1 aliphatic rings. The minimum absolute atomic E-state index is 0.960. The van der Waals surface area contributed by atoms with E-state index in [2.05, 4.69) is 25.3 Å². The molecule has 76 valence electrons. The number of likely N-dealkylation sites (tertiary alicyclic amines) is 1. The van der Waals surface area contributed by atoms with Gasteiger partial charge in [-0.05, 0) is 25.7 Å². The molecule has 13 heavy (non-hydrogen) atoms. The van der Waals surface area contributed by atoms with Gasteiger partial charge < -0.3 is 4.90 Å². The van der Waals surface area contributed by atoms with Gasteiger partial charge in [-0.25, -0.2) is 0 Å². The van der Waals surface area contributed by atoms with E-state index in [1.807, 2.05) is 0 Å². The first-order valence-electron chi connectivity index (χ1n) is 5.64. The van der Waals surface area contributed by atoms with Gasteiger partial charge in [-0.15, -0.1) is 0 Å². The zero-order valence-electron chi connectivity index (χ0n) is 9.18. The Balaban J connectivity index is 2.40. The average molecular weight is 181 g/mol. The highest BCUT2D eigenvalue weighted by Gasteiger charge is 2.13. The molecule has 0 N–H and O–H groups in total. The van der Waals surface area contributed by atoms with Gasteiger partial charge in [0.1, 0.15) is 0 Å². The first kappa shape index (κ1) is 10.6. The molecular weight excluding hydrogens is 158 g/mol. The summed E-state index contributed by atoms with van der Waals surface area (Å²) in [5.41, 5.74) is 1.25. The molecule has 0 aromatic heterocycles. The molecule has 0 amide bonds. The van der Waals surface area contributed by atoms with E-state index in [0.717, 1.165) is 5.92 Å². The van der Waals surface area contributed by atoms with E-state index in [-0.39, 0.29) is 0 Å². The highest BCUT2D eigenvalue weighted by molar-refractivity contribution is 4.89.